The van der Waals surface area contributed by atoms with Gasteiger partial charge in [0.15, 0.2) is 15.6 Å². The number of sulfone groups is 1. The molecule has 3 saturated carbocycles. The van der Waals surface area contributed by atoms with Gasteiger partial charge in [-0.05, 0) is 56.5 Å². The summed E-state index contributed by atoms with van der Waals surface area (Å²) in [6.45, 7) is 1.55. The van der Waals surface area contributed by atoms with Crippen LogP contribution in [-0.2, 0) is 15.3 Å². The zero-order chi connectivity index (χ0) is 20.6. The number of rotatable bonds is 5. The van der Waals surface area contributed by atoms with Crippen LogP contribution in [0.15, 0.2) is 34.7 Å². The van der Waals surface area contributed by atoms with Gasteiger partial charge in [0.05, 0.1) is 10.2 Å². The maximum Gasteiger partial charge on any atom is 0.287 e. The zero-order valence-corrected chi connectivity index (χ0v) is 18.2. The van der Waals surface area contributed by atoms with E-state index in [1.54, 1.807) is 24.3 Å². The summed E-state index contributed by atoms with van der Waals surface area (Å²) >= 11 is 7.75. The first kappa shape index (κ1) is 19.1. The van der Waals surface area contributed by atoms with E-state index in [9.17, 15) is 13.2 Å². The molecule has 1 aromatic carbocycles. The topological polar surface area (TPSA) is 89.3 Å². The lowest BCUT2D eigenvalue weighted by molar-refractivity contribution is -0.0811. The van der Waals surface area contributed by atoms with E-state index in [0.29, 0.717) is 5.02 Å². The van der Waals surface area contributed by atoms with Crippen LogP contribution in [0, 0.1) is 0 Å². The molecule has 0 unspecified atom stereocenters. The van der Waals surface area contributed by atoms with Gasteiger partial charge in [0, 0.05) is 22.2 Å². The number of carbonyl (C=O) groups is 1. The van der Waals surface area contributed by atoms with E-state index in [0.717, 1.165) is 40.7 Å². The molecule has 152 valence electrons. The predicted molar refractivity (Wildman–Crippen MR) is 112 cm³/mol. The molecular weight excluding hydrogens is 432 g/mol. The summed E-state index contributed by atoms with van der Waals surface area (Å²) in [4.78, 5) is 17.4. The number of amides is 1. The highest BCUT2D eigenvalue weighted by atomic mass is 35.5. The normalized spacial score (nSPS) is 26.6. The highest BCUT2D eigenvalue weighted by Crippen LogP contribution is 2.68. The van der Waals surface area contributed by atoms with E-state index >= 15 is 0 Å². The van der Waals surface area contributed by atoms with Gasteiger partial charge in [-0.2, -0.15) is 0 Å². The van der Waals surface area contributed by atoms with Crippen molar-refractivity contribution in [2.24, 2.45) is 0 Å². The molecule has 3 aliphatic carbocycles. The van der Waals surface area contributed by atoms with Crippen molar-refractivity contribution in [1.82, 2.24) is 10.3 Å². The fourth-order valence-electron chi connectivity index (χ4n) is 4.48. The van der Waals surface area contributed by atoms with E-state index in [1.165, 1.54) is 6.07 Å². The molecule has 29 heavy (non-hydrogen) atoms. The number of carbonyl (C=O) groups excluding carboxylic acids is 1. The molecule has 0 radical (unpaired) electrons. The minimum atomic E-state index is -3.28. The number of fused-ring (bicyclic) bond motifs is 1. The summed E-state index contributed by atoms with van der Waals surface area (Å²) in [5.41, 5.74) is 0.744. The first-order valence-electron chi connectivity index (χ1n) is 9.27. The van der Waals surface area contributed by atoms with Crippen molar-refractivity contribution < 1.29 is 17.6 Å². The Morgan fingerprint density at radius 3 is 2.69 bits per heavy atom. The lowest BCUT2D eigenvalue weighted by atomic mass is 9.39. The second-order valence-corrected chi connectivity index (χ2v) is 12.2. The molecule has 3 fully saturated rings. The second kappa shape index (κ2) is 6.06. The monoisotopic (exact) mass is 450 g/mol. The maximum absolute atomic E-state index is 12.6. The largest absolute Gasteiger partial charge is 0.455 e. The fraction of sp³-hybridized carbons (Fsp3) is 0.400. The summed E-state index contributed by atoms with van der Waals surface area (Å²) in [6.07, 6.45) is 3.71. The first-order chi connectivity index (χ1) is 13.6. The van der Waals surface area contributed by atoms with Crippen molar-refractivity contribution >= 4 is 48.9 Å². The molecule has 1 amide bonds. The molecule has 3 aromatic rings. The molecule has 2 aromatic heterocycles. The molecule has 2 heterocycles. The zero-order valence-electron chi connectivity index (χ0n) is 15.9. The molecule has 6 rings (SSSR count). The third-order valence-corrected chi connectivity index (χ3v) is 9.14. The lowest BCUT2D eigenvalue weighted by Crippen LogP contribution is -2.76. The van der Waals surface area contributed by atoms with Crippen LogP contribution in [0.25, 0.3) is 10.2 Å². The SMILES string of the molecule is C[C@@H](c1ccc(C(=O)NC23CC(c4nc5cc(Cl)ccc5s4)(C2)C3)o1)S(C)(=O)=O. The average molecular weight is 451 g/mol. The summed E-state index contributed by atoms with van der Waals surface area (Å²) < 4.78 is 30.0. The minimum Gasteiger partial charge on any atom is -0.455 e. The number of nitrogens with zero attached hydrogens (tertiary/aromatic N) is 1. The Kier molecular flexibility index (Phi) is 3.99. The summed E-state index contributed by atoms with van der Waals surface area (Å²) in [6, 6.07) is 8.83. The van der Waals surface area contributed by atoms with Gasteiger partial charge in [-0.3, -0.25) is 4.79 Å². The molecule has 1 N–H and O–H groups in total. The minimum absolute atomic E-state index is 0.0442. The van der Waals surface area contributed by atoms with Gasteiger partial charge in [0.1, 0.15) is 16.0 Å². The Balaban J connectivity index is 1.27. The molecule has 0 saturated heterocycles. The quantitative estimate of drug-likeness (QED) is 0.627. The van der Waals surface area contributed by atoms with Crippen LogP contribution in [0.4, 0.5) is 0 Å². The van der Waals surface area contributed by atoms with Crippen molar-refractivity contribution in [2.45, 2.75) is 42.4 Å². The van der Waals surface area contributed by atoms with Crippen LogP contribution in [0.2, 0.25) is 5.02 Å². The standard InChI is InChI=1S/C20H19ClN2O4S2/c1-11(29(2,25)26)14-4-5-15(27-14)17(24)23-20-8-19(9-20,10-20)18-22-13-7-12(21)3-6-16(13)28-18/h3-7,11H,8-10H2,1-2H3,(H,23,24)/t11-,19?,20?/m0/s1. The van der Waals surface area contributed by atoms with E-state index in [-0.39, 0.29) is 28.4 Å². The van der Waals surface area contributed by atoms with Crippen molar-refractivity contribution in [3.63, 3.8) is 0 Å². The van der Waals surface area contributed by atoms with Gasteiger partial charge >= 0.3 is 0 Å². The third kappa shape index (κ3) is 3.00. The van der Waals surface area contributed by atoms with Crippen LogP contribution in [0.1, 0.15) is 52.8 Å². The third-order valence-electron chi connectivity index (χ3n) is 6.11. The molecule has 0 spiro atoms. The van der Waals surface area contributed by atoms with Crippen LogP contribution in [0.3, 0.4) is 0 Å². The van der Waals surface area contributed by atoms with E-state index < -0.39 is 15.1 Å². The van der Waals surface area contributed by atoms with Gasteiger partial charge in [0.25, 0.3) is 5.91 Å². The molecule has 3 aliphatic rings. The molecule has 2 bridgehead atoms. The highest BCUT2D eigenvalue weighted by Gasteiger charge is 2.70. The second-order valence-electron chi connectivity index (χ2n) is 8.35. The van der Waals surface area contributed by atoms with E-state index in [4.69, 9.17) is 21.0 Å². The highest BCUT2D eigenvalue weighted by molar-refractivity contribution is 7.90. The average Bonchev–Trinajstić information content (AvgIpc) is 3.21. The Bertz CT molecular complexity index is 1240. The Hall–Kier alpha value is -1.90. The smallest absolute Gasteiger partial charge is 0.287 e. The number of hydrogen-bond acceptors (Lipinski definition) is 6. The van der Waals surface area contributed by atoms with Gasteiger partial charge in [0.2, 0.25) is 0 Å². The van der Waals surface area contributed by atoms with Crippen molar-refractivity contribution in [3.05, 3.63) is 51.9 Å². The number of benzene rings is 1. The molecular formula is C20H19ClN2O4S2. The number of thiazole rings is 1. The van der Waals surface area contributed by atoms with E-state index in [1.807, 2.05) is 18.2 Å². The molecule has 1 atom stereocenters. The van der Waals surface area contributed by atoms with Crippen molar-refractivity contribution in [1.29, 1.82) is 0 Å². The molecule has 9 heteroatoms. The van der Waals surface area contributed by atoms with Crippen LogP contribution in [0.5, 0.6) is 0 Å². The summed E-state index contributed by atoms with van der Waals surface area (Å²) in [5.74, 6) is 0.116. The lowest BCUT2D eigenvalue weighted by Gasteiger charge is -2.69. The number of aromatic nitrogens is 1. The molecule has 0 aliphatic heterocycles. The Labute approximate surface area is 177 Å². The van der Waals surface area contributed by atoms with Gasteiger partial charge in [-0.25, -0.2) is 13.4 Å². The number of halogens is 1. The predicted octanol–water partition coefficient (Wildman–Crippen LogP) is 4.25. The van der Waals surface area contributed by atoms with Crippen molar-refractivity contribution in [3.8, 4) is 0 Å². The van der Waals surface area contributed by atoms with Gasteiger partial charge in [-0.15, -0.1) is 11.3 Å². The first-order valence-corrected chi connectivity index (χ1v) is 12.4. The number of furan rings is 1. The van der Waals surface area contributed by atoms with Crippen LogP contribution >= 0.6 is 22.9 Å². The Morgan fingerprint density at radius 1 is 1.28 bits per heavy atom. The van der Waals surface area contributed by atoms with Gasteiger partial charge < -0.3 is 9.73 Å². The summed E-state index contributed by atoms with van der Waals surface area (Å²) in [7, 11) is -3.28. The fourth-order valence-corrected chi connectivity index (χ4v) is 6.33. The molecule has 6 nitrogen and oxygen atoms in total. The Morgan fingerprint density at radius 2 is 2.00 bits per heavy atom. The van der Waals surface area contributed by atoms with Crippen LogP contribution in [-0.4, -0.2) is 31.1 Å². The van der Waals surface area contributed by atoms with E-state index in [2.05, 4.69) is 5.32 Å². The summed E-state index contributed by atoms with van der Waals surface area (Å²) in [5, 5.41) is 4.08. The van der Waals surface area contributed by atoms with Crippen LogP contribution < -0.4 is 5.32 Å². The maximum atomic E-state index is 12.6. The number of hydrogen-bond donors (Lipinski definition) is 1. The van der Waals surface area contributed by atoms with Gasteiger partial charge in [-0.1, -0.05) is 11.6 Å². The number of nitrogens with one attached hydrogen (secondary N) is 1. The van der Waals surface area contributed by atoms with Crippen molar-refractivity contribution in [2.75, 3.05) is 6.26 Å².